The molecule has 4 aromatic rings. The molecule has 2 aliphatic heterocycles. The number of carboxylic acid groups (broad SMARTS) is 1. The number of piperazine rings is 1. The first-order chi connectivity index (χ1) is 22.2. The van der Waals surface area contributed by atoms with E-state index in [0.717, 1.165) is 23.2 Å². The van der Waals surface area contributed by atoms with Crippen molar-refractivity contribution >= 4 is 28.6 Å². The average molecular weight is 643 g/mol. The number of fused-ring (bicyclic) bond motifs is 2. The maximum atomic E-state index is 15.7. The summed E-state index contributed by atoms with van der Waals surface area (Å²) < 4.78 is 29.4. The lowest BCUT2D eigenvalue weighted by molar-refractivity contribution is -0.160. The van der Waals surface area contributed by atoms with Gasteiger partial charge in [-0.05, 0) is 89.8 Å². The molecule has 1 N–H and O–H groups in total. The van der Waals surface area contributed by atoms with Crippen molar-refractivity contribution in [1.82, 2.24) is 14.5 Å². The maximum absolute atomic E-state index is 15.7. The van der Waals surface area contributed by atoms with Gasteiger partial charge in [0.2, 0.25) is 0 Å². The van der Waals surface area contributed by atoms with Crippen LogP contribution in [0, 0.1) is 26.6 Å². The number of aliphatic carboxylic acids is 1. The molecule has 6 rings (SSSR count). The number of benzene rings is 2. The molecule has 10 heteroatoms. The van der Waals surface area contributed by atoms with Gasteiger partial charge in [-0.2, -0.15) is 0 Å². The first-order valence-corrected chi connectivity index (χ1v) is 16.2. The van der Waals surface area contributed by atoms with Gasteiger partial charge in [-0.25, -0.2) is 14.2 Å². The number of ether oxygens (including phenoxy) is 2. The van der Waals surface area contributed by atoms with Gasteiger partial charge in [0.1, 0.15) is 11.3 Å². The number of aromatic nitrogens is 2. The minimum atomic E-state index is -1.38. The SMILES string of the molecule is Cc1ccc(N2CCN(C(=O)c3cc4c(-c5cc(F)c6c(c5C)CCCO6)c([C@H](OC(C)(C)C)C(=O)O)c(C)nc4n3C)CC2)cc1. The van der Waals surface area contributed by atoms with E-state index in [-0.39, 0.29) is 11.7 Å². The van der Waals surface area contributed by atoms with Gasteiger partial charge < -0.3 is 28.9 Å². The molecule has 1 atom stereocenters. The number of amides is 1. The van der Waals surface area contributed by atoms with E-state index in [1.165, 1.54) is 11.6 Å². The highest BCUT2D eigenvalue weighted by atomic mass is 19.1. The Balaban J connectivity index is 1.49. The van der Waals surface area contributed by atoms with Gasteiger partial charge in [-0.1, -0.05) is 17.7 Å². The largest absolute Gasteiger partial charge is 0.490 e. The summed E-state index contributed by atoms with van der Waals surface area (Å²) in [5.74, 6) is -1.57. The van der Waals surface area contributed by atoms with Crippen molar-refractivity contribution in [2.45, 2.75) is 66.1 Å². The number of hydrogen-bond donors (Lipinski definition) is 1. The van der Waals surface area contributed by atoms with E-state index in [9.17, 15) is 14.7 Å². The summed E-state index contributed by atoms with van der Waals surface area (Å²) >= 11 is 0. The first-order valence-electron chi connectivity index (χ1n) is 16.2. The number of carbonyl (C=O) groups is 2. The maximum Gasteiger partial charge on any atom is 0.337 e. The molecule has 248 valence electrons. The van der Waals surface area contributed by atoms with E-state index >= 15 is 4.39 Å². The highest BCUT2D eigenvalue weighted by Crippen LogP contribution is 2.45. The van der Waals surface area contributed by atoms with Crippen molar-refractivity contribution in [3.63, 3.8) is 0 Å². The van der Waals surface area contributed by atoms with Gasteiger partial charge in [-0.3, -0.25) is 4.79 Å². The summed E-state index contributed by atoms with van der Waals surface area (Å²) in [6.45, 7) is 14.0. The van der Waals surface area contributed by atoms with Crippen LogP contribution < -0.4 is 9.64 Å². The average Bonchev–Trinajstić information content (AvgIpc) is 3.36. The van der Waals surface area contributed by atoms with Crippen LogP contribution in [0.4, 0.5) is 10.1 Å². The normalized spacial score (nSPS) is 15.8. The fraction of sp³-hybridized carbons (Fsp3) is 0.432. The quantitative estimate of drug-likeness (QED) is 0.255. The van der Waals surface area contributed by atoms with Crippen molar-refractivity contribution in [2.24, 2.45) is 7.05 Å². The van der Waals surface area contributed by atoms with E-state index < -0.39 is 23.5 Å². The van der Waals surface area contributed by atoms with Gasteiger partial charge >= 0.3 is 5.97 Å². The Morgan fingerprint density at radius 1 is 1.04 bits per heavy atom. The minimum Gasteiger partial charge on any atom is -0.490 e. The van der Waals surface area contributed by atoms with Crippen molar-refractivity contribution in [1.29, 1.82) is 0 Å². The number of pyridine rings is 1. The lowest BCUT2D eigenvalue weighted by atomic mass is 9.86. The molecule has 2 aliphatic rings. The summed E-state index contributed by atoms with van der Waals surface area (Å²) in [7, 11) is 1.79. The zero-order valence-corrected chi connectivity index (χ0v) is 28.2. The highest BCUT2D eigenvalue weighted by Gasteiger charge is 2.35. The molecule has 2 aromatic carbocycles. The molecular formula is C37H43FN4O5. The zero-order valence-electron chi connectivity index (χ0n) is 28.2. The van der Waals surface area contributed by atoms with Gasteiger partial charge in [-0.15, -0.1) is 0 Å². The Morgan fingerprint density at radius 3 is 2.36 bits per heavy atom. The summed E-state index contributed by atoms with van der Waals surface area (Å²) in [5.41, 5.74) is 5.86. The molecular weight excluding hydrogens is 599 g/mol. The van der Waals surface area contributed by atoms with Crippen LogP contribution >= 0.6 is 0 Å². The summed E-state index contributed by atoms with van der Waals surface area (Å²) in [6, 6.07) is 11.6. The molecule has 2 aromatic heterocycles. The Kier molecular flexibility index (Phi) is 8.50. The third-order valence-corrected chi connectivity index (χ3v) is 9.25. The molecule has 9 nitrogen and oxygen atoms in total. The molecule has 0 aliphatic carbocycles. The standard InChI is InChI=1S/C37H43FN4O5/c1-21-10-12-24(13-11-21)41-14-16-42(17-15-41)35(43)29-20-27-31(26-19-28(38)32-25(22(26)2)9-8-18-46-32)30(23(3)39-34(27)40(29)7)33(36(44)45)47-37(4,5)6/h10-13,19-20,33H,8-9,14-18H2,1-7H3,(H,44,45)/t33-/m0/s1. The lowest BCUT2D eigenvalue weighted by Gasteiger charge is -2.36. The van der Waals surface area contributed by atoms with E-state index in [4.69, 9.17) is 14.5 Å². The molecule has 0 bridgehead atoms. The molecule has 4 heterocycles. The smallest absolute Gasteiger partial charge is 0.337 e. The Labute approximate surface area is 274 Å². The Morgan fingerprint density at radius 2 is 1.72 bits per heavy atom. The Bertz CT molecular complexity index is 1870. The number of halogens is 1. The van der Waals surface area contributed by atoms with Gasteiger partial charge in [0.25, 0.3) is 5.91 Å². The van der Waals surface area contributed by atoms with E-state index in [1.807, 2.05) is 11.8 Å². The lowest BCUT2D eigenvalue weighted by Crippen LogP contribution is -2.49. The van der Waals surface area contributed by atoms with Crippen LogP contribution in [0.3, 0.4) is 0 Å². The fourth-order valence-corrected chi connectivity index (χ4v) is 6.86. The predicted octanol–water partition coefficient (Wildman–Crippen LogP) is 6.53. The number of hydrogen-bond acceptors (Lipinski definition) is 6. The van der Waals surface area contributed by atoms with Crippen molar-refractivity contribution in [2.75, 3.05) is 37.7 Å². The molecule has 0 radical (unpaired) electrons. The summed E-state index contributed by atoms with van der Waals surface area (Å²) in [6.07, 6.45) is 0.00823. The molecule has 1 fully saturated rings. The molecule has 1 saturated heterocycles. The van der Waals surface area contributed by atoms with Crippen molar-refractivity contribution in [3.05, 3.63) is 75.9 Å². The van der Waals surface area contributed by atoms with Crippen LogP contribution in [0.25, 0.3) is 22.2 Å². The topological polar surface area (TPSA) is 97.1 Å². The molecule has 0 saturated carbocycles. The van der Waals surface area contributed by atoms with Crippen LogP contribution in [0.15, 0.2) is 36.4 Å². The highest BCUT2D eigenvalue weighted by molar-refractivity contribution is 6.05. The summed E-state index contributed by atoms with van der Waals surface area (Å²) in [5, 5.41) is 11.1. The fourth-order valence-electron chi connectivity index (χ4n) is 6.86. The van der Waals surface area contributed by atoms with Gasteiger partial charge in [0.05, 0.1) is 12.2 Å². The molecule has 47 heavy (non-hydrogen) atoms. The van der Waals surface area contributed by atoms with Gasteiger partial charge in [0, 0.05) is 66.7 Å². The van der Waals surface area contributed by atoms with E-state index in [2.05, 4.69) is 36.1 Å². The van der Waals surface area contributed by atoms with E-state index in [1.54, 1.807) is 45.4 Å². The first kappa shape index (κ1) is 32.5. The predicted molar refractivity (Wildman–Crippen MR) is 180 cm³/mol. The molecule has 0 unspecified atom stereocenters. The second-order valence-electron chi connectivity index (χ2n) is 13.7. The second kappa shape index (κ2) is 12.3. The summed E-state index contributed by atoms with van der Waals surface area (Å²) in [4.78, 5) is 35.9. The number of carbonyl (C=O) groups excluding carboxylic acids is 1. The number of anilines is 1. The zero-order chi connectivity index (χ0) is 33.8. The van der Waals surface area contributed by atoms with Crippen LogP contribution in [-0.4, -0.2) is 69.8 Å². The van der Waals surface area contributed by atoms with Gasteiger partial charge in [0.15, 0.2) is 17.7 Å². The van der Waals surface area contributed by atoms with E-state index in [0.29, 0.717) is 78.3 Å². The number of rotatable bonds is 6. The third-order valence-electron chi connectivity index (χ3n) is 9.25. The van der Waals surface area contributed by atoms with Crippen LogP contribution in [0.2, 0.25) is 0 Å². The van der Waals surface area contributed by atoms with Crippen molar-refractivity contribution in [3.8, 4) is 16.9 Å². The van der Waals surface area contributed by atoms with Crippen LogP contribution in [0.1, 0.15) is 71.7 Å². The Hall–Kier alpha value is -4.44. The van der Waals surface area contributed by atoms with Crippen LogP contribution in [-0.2, 0) is 23.0 Å². The van der Waals surface area contributed by atoms with Crippen molar-refractivity contribution < 1.29 is 28.6 Å². The molecule has 1 amide bonds. The number of carboxylic acids is 1. The number of nitrogens with zero attached hydrogens (tertiary/aromatic N) is 4. The monoisotopic (exact) mass is 642 g/mol. The molecule has 0 spiro atoms. The van der Waals surface area contributed by atoms with Crippen LogP contribution in [0.5, 0.6) is 5.75 Å². The second-order valence-corrected chi connectivity index (χ2v) is 13.7. The number of aryl methyl sites for hydroxylation is 3. The third kappa shape index (κ3) is 6.06. The minimum absolute atomic E-state index is 0.137.